The predicted molar refractivity (Wildman–Crippen MR) is 58.6 cm³/mol. The molecule has 4 nitrogen and oxygen atoms in total. The standard InChI is InChI=1S/C11H24O4/c1-3-14-11(15-4-2,7-5-9-12)8-6-10-13/h12-13H,3-10H2,1-2H3. The van der Waals surface area contributed by atoms with Crippen LogP contribution >= 0.6 is 0 Å². The summed E-state index contributed by atoms with van der Waals surface area (Å²) in [6.45, 7) is 5.28. The molecule has 0 rings (SSSR count). The Morgan fingerprint density at radius 3 is 1.53 bits per heavy atom. The fourth-order valence-corrected chi connectivity index (χ4v) is 1.68. The minimum absolute atomic E-state index is 0.140. The highest BCUT2D eigenvalue weighted by Crippen LogP contribution is 2.25. The Bertz CT molecular complexity index is 123. The maximum absolute atomic E-state index is 8.83. The van der Waals surface area contributed by atoms with E-state index in [1.807, 2.05) is 13.8 Å². The maximum atomic E-state index is 8.83. The SMILES string of the molecule is CCOC(CCCO)(CCCO)OCC. The zero-order chi connectivity index (χ0) is 11.6. The van der Waals surface area contributed by atoms with Crippen molar-refractivity contribution in [2.24, 2.45) is 0 Å². The molecule has 0 spiro atoms. The lowest BCUT2D eigenvalue weighted by Crippen LogP contribution is -2.36. The van der Waals surface area contributed by atoms with Gasteiger partial charge in [-0.2, -0.15) is 0 Å². The number of hydrogen-bond acceptors (Lipinski definition) is 4. The van der Waals surface area contributed by atoms with Crippen molar-refractivity contribution in [2.75, 3.05) is 26.4 Å². The van der Waals surface area contributed by atoms with Gasteiger partial charge in [0.05, 0.1) is 0 Å². The largest absolute Gasteiger partial charge is 0.396 e. The quantitative estimate of drug-likeness (QED) is 0.545. The first kappa shape index (κ1) is 14.8. The van der Waals surface area contributed by atoms with Gasteiger partial charge >= 0.3 is 0 Å². The molecule has 0 aliphatic heterocycles. The zero-order valence-corrected chi connectivity index (χ0v) is 9.87. The number of aliphatic hydroxyl groups is 2. The number of ether oxygens (including phenoxy) is 2. The summed E-state index contributed by atoms with van der Waals surface area (Å²) in [6, 6.07) is 0. The maximum Gasteiger partial charge on any atom is 0.168 e. The van der Waals surface area contributed by atoms with E-state index >= 15 is 0 Å². The van der Waals surface area contributed by atoms with Crippen LogP contribution in [0.15, 0.2) is 0 Å². The van der Waals surface area contributed by atoms with Crippen molar-refractivity contribution < 1.29 is 19.7 Å². The summed E-state index contributed by atoms with van der Waals surface area (Å²) in [7, 11) is 0. The van der Waals surface area contributed by atoms with Crippen LogP contribution in [0.3, 0.4) is 0 Å². The second kappa shape index (κ2) is 9.09. The molecule has 0 aromatic carbocycles. The van der Waals surface area contributed by atoms with E-state index < -0.39 is 5.79 Å². The highest BCUT2D eigenvalue weighted by molar-refractivity contribution is 4.70. The van der Waals surface area contributed by atoms with Crippen molar-refractivity contribution >= 4 is 0 Å². The van der Waals surface area contributed by atoms with Crippen LogP contribution < -0.4 is 0 Å². The zero-order valence-electron chi connectivity index (χ0n) is 9.87. The van der Waals surface area contributed by atoms with Crippen molar-refractivity contribution in [1.29, 1.82) is 0 Å². The Labute approximate surface area is 92.2 Å². The van der Waals surface area contributed by atoms with Gasteiger partial charge in [-0.1, -0.05) is 0 Å². The monoisotopic (exact) mass is 220 g/mol. The third-order valence-electron chi connectivity index (χ3n) is 2.25. The fourth-order valence-electron chi connectivity index (χ4n) is 1.68. The molecule has 0 amide bonds. The van der Waals surface area contributed by atoms with Crippen LogP contribution in [0.25, 0.3) is 0 Å². The minimum Gasteiger partial charge on any atom is -0.396 e. The normalized spacial score (nSPS) is 12.0. The molecule has 0 fully saturated rings. The van der Waals surface area contributed by atoms with Crippen LogP contribution in [-0.4, -0.2) is 42.4 Å². The van der Waals surface area contributed by atoms with Gasteiger partial charge in [-0.25, -0.2) is 0 Å². The molecule has 0 saturated heterocycles. The van der Waals surface area contributed by atoms with E-state index in [9.17, 15) is 0 Å². The lowest BCUT2D eigenvalue weighted by Gasteiger charge is -2.33. The first-order valence-electron chi connectivity index (χ1n) is 5.74. The molecule has 0 aromatic rings. The van der Waals surface area contributed by atoms with Crippen molar-refractivity contribution in [3.63, 3.8) is 0 Å². The van der Waals surface area contributed by atoms with Gasteiger partial charge in [0.1, 0.15) is 0 Å². The van der Waals surface area contributed by atoms with Crippen LogP contribution in [0.4, 0.5) is 0 Å². The summed E-state index contributed by atoms with van der Waals surface area (Å²) < 4.78 is 11.3. The molecule has 2 N–H and O–H groups in total. The van der Waals surface area contributed by atoms with E-state index in [-0.39, 0.29) is 13.2 Å². The molecule has 0 aliphatic rings. The third-order valence-corrected chi connectivity index (χ3v) is 2.25. The Balaban J connectivity index is 4.26. The second-order valence-electron chi connectivity index (χ2n) is 3.43. The van der Waals surface area contributed by atoms with Gasteiger partial charge in [-0.3, -0.25) is 0 Å². The summed E-state index contributed by atoms with van der Waals surface area (Å²) in [5.41, 5.74) is 0. The van der Waals surface area contributed by atoms with Crippen LogP contribution in [-0.2, 0) is 9.47 Å². The average Bonchev–Trinajstić information content (AvgIpc) is 2.24. The molecule has 0 bridgehead atoms. The Morgan fingerprint density at radius 1 is 0.867 bits per heavy atom. The first-order valence-corrected chi connectivity index (χ1v) is 5.74. The fraction of sp³-hybridized carbons (Fsp3) is 1.00. The summed E-state index contributed by atoms with van der Waals surface area (Å²) in [6.07, 6.45) is 2.66. The van der Waals surface area contributed by atoms with Gasteiger partial charge in [0, 0.05) is 39.3 Å². The van der Waals surface area contributed by atoms with Gasteiger partial charge in [0.15, 0.2) is 5.79 Å². The number of rotatable bonds is 10. The molecule has 4 heteroatoms. The predicted octanol–water partition coefficient (Wildman–Crippen LogP) is 1.30. The molecule has 0 heterocycles. The topological polar surface area (TPSA) is 58.9 Å². The molecule has 0 radical (unpaired) electrons. The molecule has 0 unspecified atom stereocenters. The summed E-state index contributed by atoms with van der Waals surface area (Å²) in [5, 5.41) is 17.7. The van der Waals surface area contributed by atoms with Gasteiger partial charge in [-0.15, -0.1) is 0 Å². The lowest BCUT2D eigenvalue weighted by molar-refractivity contribution is -0.243. The summed E-state index contributed by atoms with van der Waals surface area (Å²) in [5.74, 6) is -0.616. The Hall–Kier alpha value is -0.160. The highest BCUT2D eigenvalue weighted by atomic mass is 16.7. The summed E-state index contributed by atoms with van der Waals surface area (Å²) >= 11 is 0. The molecule has 92 valence electrons. The van der Waals surface area contributed by atoms with E-state index in [0.29, 0.717) is 38.9 Å². The molecule has 0 atom stereocenters. The molecule has 0 aliphatic carbocycles. The van der Waals surface area contributed by atoms with Crippen LogP contribution in [0.2, 0.25) is 0 Å². The van der Waals surface area contributed by atoms with E-state index in [1.165, 1.54) is 0 Å². The van der Waals surface area contributed by atoms with E-state index in [2.05, 4.69) is 0 Å². The van der Waals surface area contributed by atoms with E-state index in [0.717, 1.165) is 0 Å². The molecular formula is C11H24O4. The van der Waals surface area contributed by atoms with E-state index in [4.69, 9.17) is 19.7 Å². The van der Waals surface area contributed by atoms with Crippen LogP contribution in [0.5, 0.6) is 0 Å². The van der Waals surface area contributed by atoms with Crippen molar-refractivity contribution in [2.45, 2.75) is 45.3 Å². The van der Waals surface area contributed by atoms with Gasteiger partial charge < -0.3 is 19.7 Å². The van der Waals surface area contributed by atoms with Crippen LogP contribution in [0, 0.1) is 0 Å². The third kappa shape index (κ3) is 6.10. The molecule has 0 aromatic heterocycles. The van der Waals surface area contributed by atoms with Crippen LogP contribution in [0.1, 0.15) is 39.5 Å². The Morgan fingerprint density at radius 2 is 1.27 bits per heavy atom. The smallest absolute Gasteiger partial charge is 0.168 e. The Kier molecular flexibility index (Phi) is 9.00. The molecule has 0 saturated carbocycles. The van der Waals surface area contributed by atoms with Crippen molar-refractivity contribution in [3.8, 4) is 0 Å². The number of hydrogen-bond donors (Lipinski definition) is 2. The lowest BCUT2D eigenvalue weighted by atomic mass is 10.0. The molecular weight excluding hydrogens is 196 g/mol. The highest BCUT2D eigenvalue weighted by Gasteiger charge is 2.29. The first-order chi connectivity index (χ1) is 7.24. The second-order valence-corrected chi connectivity index (χ2v) is 3.43. The van der Waals surface area contributed by atoms with Gasteiger partial charge in [-0.05, 0) is 26.7 Å². The van der Waals surface area contributed by atoms with Gasteiger partial charge in [0.25, 0.3) is 0 Å². The average molecular weight is 220 g/mol. The molecule has 15 heavy (non-hydrogen) atoms. The summed E-state index contributed by atoms with van der Waals surface area (Å²) in [4.78, 5) is 0. The van der Waals surface area contributed by atoms with Crippen molar-refractivity contribution in [1.82, 2.24) is 0 Å². The minimum atomic E-state index is -0.616. The van der Waals surface area contributed by atoms with E-state index in [1.54, 1.807) is 0 Å². The van der Waals surface area contributed by atoms with Gasteiger partial charge in [0.2, 0.25) is 0 Å². The van der Waals surface area contributed by atoms with Crippen molar-refractivity contribution in [3.05, 3.63) is 0 Å². The number of aliphatic hydroxyl groups excluding tert-OH is 2.